The van der Waals surface area contributed by atoms with Gasteiger partial charge in [0.2, 0.25) is 0 Å². The molecule has 0 spiro atoms. The van der Waals surface area contributed by atoms with Gasteiger partial charge in [-0.3, -0.25) is 0 Å². The van der Waals surface area contributed by atoms with Crippen molar-refractivity contribution >= 4 is 5.97 Å². The first kappa shape index (κ1) is 9.26. The summed E-state index contributed by atoms with van der Waals surface area (Å²) < 4.78 is 10.1. The van der Waals surface area contributed by atoms with E-state index in [1.165, 1.54) is 0 Å². The minimum absolute atomic E-state index is 0.225. The summed E-state index contributed by atoms with van der Waals surface area (Å²) in [5, 5.41) is 0. The lowest BCUT2D eigenvalue weighted by molar-refractivity contribution is -0.139. The Bertz CT molecular complexity index is 196. The molecule has 68 valence electrons. The lowest BCUT2D eigenvalue weighted by atomic mass is 10.1. The van der Waals surface area contributed by atoms with Crippen molar-refractivity contribution in [2.24, 2.45) is 0 Å². The van der Waals surface area contributed by atoms with Crippen LogP contribution in [-0.4, -0.2) is 25.3 Å². The predicted octanol–water partition coefficient (Wildman–Crippen LogP) is 1.28. The highest BCUT2D eigenvalue weighted by molar-refractivity contribution is 5.88. The van der Waals surface area contributed by atoms with E-state index in [-0.39, 0.29) is 12.1 Å². The summed E-state index contributed by atoms with van der Waals surface area (Å²) in [4.78, 5) is 11.1. The van der Waals surface area contributed by atoms with Crippen molar-refractivity contribution in [2.75, 3.05) is 13.2 Å². The van der Waals surface area contributed by atoms with Crippen molar-refractivity contribution in [1.82, 2.24) is 0 Å². The summed E-state index contributed by atoms with van der Waals surface area (Å²) in [7, 11) is 0. The molecule has 0 aromatic heterocycles. The van der Waals surface area contributed by atoms with Gasteiger partial charge < -0.3 is 9.47 Å². The maximum atomic E-state index is 11.1. The molecule has 1 rings (SSSR count). The number of ether oxygens (including phenoxy) is 2. The smallest absolute Gasteiger partial charge is 0.336 e. The van der Waals surface area contributed by atoms with Crippen LogP contribution in [0.3, 0.4) is 0 Å². The van der Waals surface area contributed by atoms with Crippen LogP contribution in [0.4, 0.5) is 0 Å². The van der Waals surface area contributed by atoms with Gasteiger partial charge in [-0.2, -0.15) is 0 Å². The van der Waals surface area contributed by atoms with Crippen LogP contribution in [-0.2, 0) is 14.3 Å². The number of carbonyl (C=O) groups is 1. The second-order valence-electron chi connectivity index (χ2n) is 2.81. The summed E-state index contributed by atoms with van der Waals surface area (Å²) in [5.41, 5.74) is 0.648. The summed E-state index contributed by atoms with van der Waals surface area (Å²) in [5.74, 6) is -0.246. The van der Waals surface area contributed by atoms with E-state index in [1.807, 2.05) is 13.0 Å². The molecular formula is C9H14O3. The van der Waals surface area contributed by atoms with Crippen LogP contribution in [0.25, 0.3) is 0 Å². The maximum absolute atomic E-state index is 11.1. The first-order valence-electron chi connectivity index (χ1n) is 4.21. The molecule has 0 bridgehead atoms. The van der Waals surface area contributed by atoms with Crippen molar-refractivity contribution in [3.05, 3.63) is 11.6 Å². The molecule has 1 atom stereocenters. The zero-order valence-electron chi connectivity index (χ0n) is 7.50. The zero-order chi connectivity index (χ0) is 8.97. The van der Waals surface area contributed by atoms with E-state index in [1.54, 1.807) is 6.92 Å². The fraction of sp³-hybridized carbons (Fsp3) is 0.667. The monoisotopic (exact) mass is 170 g/mol. The third-order valence-corrected chi connectivity index (χ3v) is 1.76. The Kier molecular flexibility index (Phi) is 3.29. The first-order valence-corrected chi connectivity index (χ1v) is 4.21. The molecule has 0 saturated carbocycles. The standard InChI is InChI=1S/C9H14O3/c1-3-11-9(10)8-5-4-7(2)12-6-8/h5,7H,3-4,6H2,1-2H3. The van der Waals surface area contributed by atoms with Crippen LogP contribution in [0.1, 0.15) is 20.3 Å². The van der Waals surface area contributed by atoms with Crippen LogP contribution in [0.5, 0.6) is 0 Å². The Morgan fingerprint density at radius 1 is 1.83 bits per heavy atom. The van der Waals surface area contributed by atoms with E-state index in [0.717, 1.165) is 6.42 Å². The molecule has 3 nitrogen and oxygen atoms in total. The van der Waals surface area contributed by atoms with Gasteiger partial charge in [-0.15, -0.1) is 0 Å². The van der Waals surface area contributed by atoms with Crippen LogP contribution in [0.15, 0.2) is 11.6 Å². The third kappa shape index (κ3) is 2.34. The predicted molar refractivity (Wildman–Crippen MR) is 44.7 cm³/mol. The Morgan fingerprint density at radius 2 is 2.58 bits per heavy atom. The molecular weight excluding hydrogens is 156 g/mol. The SMILES string of the molecule is CCOC(=O)C1=CCC(C)OC1. The minimum Gasteiger partial charge on any atom is -0.463 e. The second-order valence-corrected chi connectivity index (χ2v) is 2.81. The molecule has 0 amide bonds. The van der Waals surface area contributed by atoms with Gasteiger partial charge in [0.05, 0.1) is 24.9 Å². The van der Waals surface area contributed by atoms with E-state index in [2.05, 4.69) is 0 Å². The van der Waals surface area contributed by atoms with Gasteiger partial charge in [-0.05, 0) is 20.3 Å². The number of carbonyl (C=O) groups excluding carboxylic acids is 1. The maximum Gasteiger partial charge on any atom is 0.336 e. The molecule has 1 aliphatic heterocycles. The quantitative estimate of drug-likeness (QED) is 0.586. The summed E-state index contributed by atoms with van der Waals surface area (Å²) >= 11 is 0. The average molecular weight is 170 g/mol. The third-order valence-electron chi connectivity index (χ3n) is 1.76. The topological polar surface area (TPSA) is 35.5 Å². The molecule has 0 radical (unpaired) electrons. The van der Waals surface area contributed by atoms with E-state index in [0.29, 0.717) is 18.8 Å². The number of hydrogen-bond acceptors (Lipinski definition) is 3. The van der Waals surface area contributed by atoms with Gasteiger partial charge >= 0.3 is 5.97 Å². The number of esters is 1. The highest BCUT2D eigenvalue weighted by Gasteiger charge is 2.16. The van der Waals surface area contributed by atoms with Crippen LogP contribution < -0.4 is 0 Å². The van der Waals surface area contributed by atoms with E-state index in [4.69, 9.17) is 9.47 Å². The second kappa shape index (κ2) is 4.26. The Morgan fingerprint density at radius 3 is 3.08 bits per heavy atom. The van der Waals surface area contributed by atoms with Crippen molar-refractivity contribution < 1.29 is 14.3 Å². The Labute approximate surface area is 72.4 Å². The van der Waals surface area contributed by atoms with Gasteiger partial charge in [0.1, 0.15) is 0 Å². The Hall–Kier alpha value is -0.830. The number of hydrogen-bond donors (Lipinski definition) is 0. The minimum atomic E-state index is -0.246. The zero-order valence-corrected chi connectivity index (χ0v) is 7.50. The lowest BCUT2D eigenvalue weighted by Crippen LogP contribution is -2.21. The normalized spacial score (nSPS) is 23.2. The van der Waals surface area contributed by atoms with Gasteiger partial charge in [-0.25, -0.2) is 4.79 Å². The number of rotatable bonds is 2. The molecule has 0 aliphatic carbocycles. The van der Waals surface area contributed by atoms with Crippen molar-refractivity contribution in [3.63, 3.8) is 0 Å². The molecule has 1 unspecified atom stereocenters. The highest BCUT2D eigenvalue weighted by atomic mass is 16.5. The molecule has 0 aromatic rings. The summed E-state index contributed by atoms with van der Waals surface area (Å²) in [6.07, 6.45) is 2.92. The van der Waals surface area contributed by atoms with Crippen molar-refractivity contribution in [2.45, 2.75) is 26.4 Å². The van der Waals surface area contributed by atoms with E-state index >= 15 is 0 Å². The average Bonchev–Trinajstić information content (AvgIpc) is 2.06. The largest absolute Gasteiger partial charge is 0.463 e. The highest BCUT2D eigenvalue weighted by Crippen LogP contribution is 2.12. The fourth-order valence-corrected chi connectivity index (χ4v) is 1.03. The van der Waals surface area contributed by atoms with Gasteiger partial charge in [0, 0.05) is 0 Å². The van der Waals surface area contributed by atoms with Crippen molar-refractivity contribution in [1.29, 1.82) is 0 Å². The molecule has 1 aliphatic rings. The van der Waals surface area contributed by atoms with E-state index in [9.17, 15) is 4.79 Å². The first-order chi connectivity index (χ1) is 5.74. The van der Waals surface area contributed by atoms with Gasteiger partial charge in [-0.1, -0.05) is 6.08 Å². The van der Waals surface area contributed by atoms with Crippen LogP contribution >= 0.6 is 0 Å². The summed E-state index contributed by atoms with van der Waals surface area (Å²) in [6, 6.07) is 0. The van der Waals surface area contributed by atoms with Crippen LogP contribution in [0.2, 0.25) is 0 Å². The Balaban J connectivity index is 2.47. The van der Waals surface area contributed by atoms with E-state index < -0.39 is 0 Å². The summed E-state index contributed by atoms with van der Waals surface area (Å²) in [6.45, 7) is 4.59. The molecule has 12 heavy (non-hydrogen) atoms. The van der Waals surface area contributed by atoms with Crippen molar-refractivity contribution in [3.8, 4) is 0 Å². The molecule has 3 heteroatoms. The molecule has 0 saturated heterocycles. The van der Waals surface area contributed by atoms with Gasteiger partial charge in [0.25, 0.3) is 0 Å². The lowest BCUT2D eigenvalue weighted by Gasteiger charge is -2.17. The molecule has 1 heterocycles. The molecule has 0 N–H and O–H groups in total. The fourth-order valence-electron chi connectivity index (χ4n) is 1.03. The van der Waals surface area contributed by atoms with Crippen LogP contribution in [0, 0.1) is 0 Å². The molecule has 0 aromatic carbocycles. The van der Waals surface area contributed by atoms with Gasteiger partial charge in [0.15, 0.2) is 0 Å². The molecule has 0 fully saturated rings.